The van der Waals surface area contributed by atoms with Crippen LogP contribution >= 0.6 is 0 Å². The van der Waals surface area contributed by atoms with Gasteiger partial charge in [0.15, 0.2) is 0 Å². The van der Waals surface area contributed by atoms with Crippen molar-refractivity contribution in [1.82, 2.24) is 15.1 Å². The Labute approximate surface area is 96.8 Å². The molecule has 0 radical (unpaired) electrons. The van der Waals surface area contributed by atoms with Gasteiger partial charge in [-0.3, -0.25) is 4.68 Å². The highest BCUT2D eigenvalue weighted by molar-refractivity contribution is 7.90. The summed E-state index contributed by atoms with van der Waals surface area (Å²) in [5, 5.41) is 7.39. The predicted octanol–water partition coefficient (Wildman–Crippen LogP) is 0.427. The molecule has 0 saturated carbocycles. The van der Waals surface area contributed by atoms with Crippen molar-refractivity contribution in [2.24, 2.45) is 0 Å². The molecule has 0 spiro atoms. The minimum Gasteiger partial charge on any atom is -0.311 e. The van der Waals surface area contributed by atoms with Gasteiger partial charge in [-0.2, -0.15) is 5.10 Å². The van der Waals surface area contributed by atoms with Crippen LogP contribution in [0.1, 0.15) is 19.0 Å². The largest absolute Gasteiger partial charge is 0.311 e. The van der Waals surface area contributed by atoms with Gasteiger partial charge in [0.25, 0.3) is 0 Å². The summed E-state index contributed by atoms with van der Waals surface area (Å²) in [5.74, 6) is 0.216. The van der Waals surface area contributed by atoms with Gasteiger partial charge in [0, 0.05) is 25.5 Å². The number of rotatable bonds is 7. The molecule has 1 N–H and O–H groups in total. The molecule has 5 nitrogen and oxygen atoms in total. The van der Waals surface area contributed by atoms with Crippen molar-refractivity contribution in [3.8, 4) is 0 Å². The lowest BCUT2D eigenvalue weighted by molar-refractivity contribution is 0.547. The number of nitrogens with one attached hydrogen (secondary N) is 1. The third-order valence-corrected chi connectivity index (χ3v) is 3.28. The molecule has 92 valence electrons. The van der Waals surface area contributed by atoms with E-state index in [0.29, 0.717) is 13.0 Å². The van der Waals surface area contributed by atoms with E-state index in [2.05, 4.69) is 10.4 Å². The fourth-order valence-electron chi connectivity index (χ4n) is 1.44. The molecule has 0 amide bonds. The van der Waals surface area contributed by atoms with Crippen LogP contribution in [0.5, 0.6) is 0 Å². The number of aromatic nitrogens is 2. The molecule has 0 aromatic carbocycles. The quantitative estimate of drug-likeness (QED) is 0.756. The van der Waals surface area contributed by atoms with Crippen molar-refractivity contribution < 1.29 is 8.42 Å². The molecule has 0 saturated heterocycles. The van der Waals surface area contributed by atoms with Crippen LogP contribution in [0.4, 0.5) is 0 Å². The van der Waals surface area contributed by atoms with E-state index in [1.54, 1.807) is 6.20 Å². The lowest BCUT2D eigenvalue weighted by atomic mass is 10.4. The van der Waals surface area contributed by atoms with Crippen molar-refractivity contribution >= 4 is 9.84 Å². The minimum absolute atomic E-state index is 0.216. The maximum atomic E-state index is 11.0. The van der Waals surface area contributed by atoms with Gasteiger partial charge in [-0.15, -0.1) is 0 Å². The summed E-state index contributed by atoms with van der Waals surface area (Å²) in [6.07, 6.45) is 3.61. The van der Waals surface area contributed by atoms with E-state index >= 15 is 0 Å². The lowest BCUT2D eigenvalue weighted by Crippen LogP contribution is -2.17. The Morgan fingerprint density at radius 2 is 2.25 bits per heavy atom. The number of sulfone groups is 1. The van der Waals surface area contributed by atoms with Crippen molar-refractivity contribution in [2.45, 2.75) is 26.4 Å². The average molecular weight is 245 g/mol. The van der Waals surface area contributed by atoms with E-state index in [1.807, 2.05) is 17.7 Å². The van der Waals surface area contributed by atoms with E-state index in [4.69, 9.17) is 0 Å². The monoisotopic (exact) mass is 245 g/mol. The van der Waals surface area contributed by atoms with E-state index in [0.717, 1.165) is 18.8 Å². The fraction of sp³-hybridized carbons (Fsp3) is 0.700. The molecule has 0 atom stereocenters. The van der Waals surface area contributed by atoms with Crippen LogP contribution < -0.4 is 5.32 Å². The van der Waals surface area contributed by atoms with Crippen LogP contribution in [0, 0.1) is 0 Å². The molecule has 1 aromatic rings. The van der Waals surface area contributed by atoms with Gasteiger partial charge < -0.3 is 5.32 Å². The first-order valence-corrected chi connectivity index (χ1v) is 7.48. The highest BCUT2D eigenvalue weighted by atomic mass is 32.2. The van der Waals surface area contributed by atoms with E-state index < -0.39 is 9.84 Å². The van der Waals surface area contributed by atoms with E-state index in [1.165, 1.54) is 6.26 Å². The summed E-state index contributed by atoms with van der Waals surface area (Å²) in [7, 11) is -2.86. The van der Waals surface area contributed by atoms with Gasteiger partial charge in [0.1, 0.15) is 9.84 Å². The number of nitrogens with zero attached hydrogens (tertiary/aromatic N) is 2. The van der Waals surface area contributed by atoms with E-state index in [-0.39, 0.29) is 5.75 Å². The molecule has 0 aliphatic carbocycles. The zero-order valence-electron chi connectivity index (χ0n) is 9.81. The molecule has 1 rings (SSSR count). The number of hydrogen-bond acceptors (Lipinski definition) is 4. The second-order valence-corrected chi connectivity index (χ2v) is 6.07. The molecule has 16 heavy (non-hydrogen) atoms. The molecule has 1 aromatic heterocycles. The third kappa shape index (κ3) is 4.76. The Morgan fingerprint density at radius 1 is 1.50 bits per heavy atom. The SMILES string of the molecule is CCNCc1ccnn1CCCS(C)(=O)=O. The van der Waals surface area contributed by atoms with Crippen LogP contribution in [-0.2, 0) is 22.9 Å². The highest BCUT2D eigenvalue weighted by Gasteiger charge is 2.05. The van der Waals surface area contributed by atoms with Crippen LogP contribution in [-0.4, -0.2) is 36.8 Å². The third-order valence-electron chi connectivity index (χ3n) is 2.25. The smallest absolute Gasteiger partial charge is 0.147 e. The van der Waals surface area contributed by atoms with Gasteiger partial charge >= 0.3 is 0 Å². The number of hydrogen-bond donors (Lipinski definition) is 1. The Kier molecular flexibility index (Phi) is 4.95. The molecule has 0 aliphatic rings. The molecule has 0 fully saturated rings. The van der Waals surface area contributed by atoms with Crippen LogP contribution in [0.2, 0.25) is 0 Å². The first kappa shape index (κ1) is 13.2. The van der Waals surface area contributed by atoms with Gasteiger partial charge in [-0.25, -0.2) is 8.42 Å². The van der Waals surface area contributed by atoms with Gasteiger partial charge in [-0.1, -0.05) is 6.92 Å². The molecule has 1 heterocycles. The zero-order chi connectivity index (χ0) is 12.0. The summed E-state index contributed by atoms with van der Waals surface area (Å²) in [5.41, 5.74) is 1.09. The Morgan fingerprint density at radius 3 is 2.88 bits per heavy atom. The Hall–Kier alpha value is -0.880. The maximum absolute atomic E-state index is 11.0. The average Bonchev–Trinajstić information content (AvgIpc) is 2.60. The first-order chi connectivity index (χ1) is 7.53. The molecular weight excluding hydrogens is 226 g/mol. The summed E-state index contributed by atoms with van der Waals surface area (Å²) < 4.78 is 23.8. The van der Waals surface area contributed by atoms with Crippen molar-refractivity contribution in [1.29, 1.82) is 0 Å². The fourth-order valence-corrected chi connectivity index (χ4v) is 2.09. The standard InChI is InChI=1S/C10H19N3O2S/c1-3-11-9-10-5-6-12-13(10)7-4-8-16(2,14)15/h5-6,11H,3-4,7-9H2,1-2H3. The number of aryl methyl sites for hydroxylation is 1. The maximum Gasteiger partial charge on any atom is 0.147 e. The Balaban J connectivity index is 2.44. The summed E-state index contributed by atoms with van der Waals surface area (Å²) >= 11 is 0. The van der Waals surface area contributed by atoms with Crippen molar-refractivity contribution in [3.05, 3.63) is 18.0 Å². The molecule has 6 heteroatoms. The molecular formula is C10H19N3O2S. The normalized spacial score (nSPS) is 11.9. The van der Waals surface area contributed by atoms with Gasteiger partial charge in [0.05, 0.1) is 11.4 Å². The second-order valence-electron chi connectivity index (χ2n) is 3.81. The topological polar surface area (TPSA) is 64.0 Å². The molecule has 0 bridgehead atoms. The zero-order valence-corrected chi connectivity index (χ0v) is 10.6. The van der Waals surface area contributed by atoms with Crippen LogP contribution in [0.15, 0.2) is 12.3 Å². The molecule has 0 unspecified atom stereocenters. The van der Waals surface area contributed by atoms with E-state index in [9.17, 15) is 8.42 Å². The predicted molar refractivity (Wildman–Crippen MR) is 63.9 cm³/mol. The second kappa shape index (κ2) is 6.00. The lowest BCUT2D eigenvalue weighted by Gasteiger charge is -2.07. The summed E-state index contributed by atoms with van der Waals surface area (Å²) in [6.45, 7) is 4.38. The van der Waals surface area contributed by atoms with Crippen molar-refractivity contribution in [3.63, 3.8) is 0 Å². The first-order valence-electron chi connectivity index (χ1n) is 5.42. The molecule has 0 aliphatic heterocycles. The summed E-state index contributed by atoms with van der Waals surface area (Å²) in [6, 6.07) is 1.95. The minimum atomic E-state index is -2.86. The van der Waals surface area contributed by atoms with Gasteiger partial charge in [0.2, 0.25) is 0 Å². The van der Waals surface area contributed by atoms with Crippen LogP contribution in [0.3, 0.4) is 0 Å². The van der Waals surface area contributed by atoms with Crippen LogP contribution in [0.25, 0.3) is 0 Å². The van der Waals surface area contributed by atoms with Crippen molar-refractivity contribution in [2.75, 3.05) is 18.6 Å². The highest BCUT2D eigenvalue weighted by Crippen LogP contribution is 2.01. The Bertz CT molecular complexity index is 411. The van der Waals surface area contributed by atoms with Gasteiger partial charge in [-0.05, 0) is 19.0 Å². The summed E-state index contributed by atoms with van der Waals surface area (Å²) in [4.78, 5) is 0.